The van der Waals surface area contributed by atoms with Crippen LogP contribution in [-0.4, -0.2) is 23.3 Å². The van der Waals surface area contributed by atoms with Gasteiger partial charge in [0.05, 0.1) is 11.2 Å². The van der Waals surface area contributed by atoms with E-state index >= 15 is 0 Å². The Morgan fingerprint density at radius 3 is 2.33 bits per heavy atom. The third-order valence-corrected chi connectivity index (χ3v) is 3.51. The molecule has 2 heterocycles. The molecule has 6 heteroatoms. The molecule has 0 N–H and O–H groups in total. The smallest absolute Gasteiger partial charge is 0.399 e. The first kappa shape index (κ1) is 13.0. The maximum absolute atomic E-state index is 13.1. The van der Waals surface area contributed by atoms with Crippen molar-refractivity contribution < 1.29 is 13.7 Å². The molecule has 2 rings (SSSR count). The van der Waals surface area contributed by atoms with E-state index in [9.17, 15) is 4.39 Å². The zero-order chi connectivity index (χ0) is 13.6. The summed E-state index contributed by atoms with van der Waals surface area (Å²) in [5.74, 6) is -0.780. The number of halogens is 1. The summed E-state index contributed by atoms with van der Waals surface area (Å²) >= 11 is 0. The Kier molecular flexibility index (Phi) is 2.92. The van der Waals surface area contributed by atoms with Crippen molar-refractivity contribution >= 4 is 12.6 Å². The van der Waals surface area contributed by atoms with Crippen LogP contribution in [0.25, 0.3) is 0 Å². The van der Waals surface area contributed by atoms with Gasteiger partial charge in [0.1, 0.15) is 11.6 Å². The molecular weight excluding hydrogens is 234 g/mol. The number of nitriles is 1. The number of nitrogens with zero attached hydrogens (tertiary/aromatic N) is 2. The van der Waals surface area contributed by atoms with Crippen LogP contribution >= 0.6 is 0 Å². The van der Waals surface area contributed by atoms with E-state index in [1.165, 1.54) is 12.3 Å². The van der Waals surface area contributed by atoms with E-state index in [2.05, 4.69) is 4.98 Å². The lowest BCUT2D eigenvalue weighted by Gasteiger charge is -2.32. The van der Waals surface area contributed by atoms with E-state index < -0.39 is 24.3 Å². The second kappa shape index (κ2) is 4.04. The number of hydrogen-bond donors (Lipinski definition) is 0. The van der Waals surface area contributed by atoms with Gasteiger partial charge in [0.2, 0.25) is 5.95 Å². The summed E-state index contributed by atoms with van der Waals surface area (Å²) in [6.45, 7) is 7.70. The van der Waals surface area contributed by atoms with Gasteiger partial charge < -0.3 is 9.31 Å². The Labute approximate surface area is 106 Å². The minimum atomic E-state index is -0.780. The molecule has 1 saturated heterocycles. The minimum Gasteiger partial charge on any atom is -0.399 e. The summed E-state index contributed by atoms with van der Waals surface area (Å²) < 4.78 is 24.7. The van der Waals surface area contributed by atoms with Gasteiger partial charge in [-0.05, 0) is 33.8 Å². The molecule has 1 aromatic heterocycles. The van der Waals surface area contributed by atoms with Crippen LogP contribution in [0.4, 0.5) is 4.39 Å². The van der Waals surface area contributed by atoms with Gasteiger partial charge in [0.15, 0.2) is 0 Å². The van der Waals surface area contributed by atoms with Gasteiger partial charge in [-0.15, -0.1) is 0 Å². The van der Waals surface area contributed by atoms with Crippen LogP contribution in [0.2, 0.25) is 0 Å². The largest absolute Gasteiger partial charge is 0.496 e. The number of aromatic nitrogens is 1. The number of rotatable bonds is 1. The van der Waals surface area contributed by atoms with Crippen LogP contribution < -0.4 is 5.46 Å². The van der Waals surface area contributed by atoms with E-state index in [4.69, 9.17) is 14.6 Å². The average Bonchev–Trinajstić information content (AvgIpc) is 2.49. The molecule has 0 amide bonds. The standard InChI is InChI=1S/C12H14BFN2O2/c1-11(2)12(3,4)18-13(17-11)9-5-8(6-15)10(14)16-7-9/h5,7H,1-4H3. The lowest BCUT2D eigenvalue weighted by Crippen LogP contribution is -2.41. The van der Waals surface area contributed by atoms with Gasteiger partial charge in [-0.1, -0.05) is 0 Å². The first-order valence-electron chi connectivity index (χ1n) is 5.68. The molecule has 4 nitrogen and oxygen atoms in total. The molecule has 0 aromatic carbocycles. The monoisotopic (exact) mass is 248 g/mol. The van der Waals surface area contributed by atoms with Crippen LogP contribution in [0.5, 0.6) is 0 Å². The van der Waals surface area contributed by atoms with E-state index in [0.717, 1.165) is 0 Å². The van der Waals surface area contributed by atoms with Crippen molar-refractivity contribution in [1.29, 1.82) is 5.26 Å². The molecule has 1 fully saturated rings. The Morgan fingerprint density at radius 1 is 1.28 bits per heavy atom. The SMILES string of the molecule is CC1(C)OB(c2cnc(F)c(C#N)c2)OC1(C)C. The van der Waals surface area contributed by atoms with Gasteiger partial charge in [-0.3, -0.25) is 0 Å². The fourth-order valence-corrected chi connectivity index (χ4v) is 1.65. The van der Waals surface area contributed by atoms with Crippen molar-refractivity contribution in [3.05, 3.63) is 23.8 Å². The van der Waals surface area contributed by atoms with E-state index in [1.807, 2.05) is 27.7 Å². The molecule has 1 aromatic rings. The lowest BCUT2D eigenvalue weighted by molar-refractivity contribution is 0.00578. The molecule has 0 radical (unpaired) electrons. The molecule has 0 bridgehead atoms. The van der Waals surface area contributed by atoms with Crippen molar-refractivity contribution in [3.8, 4) is 6.07 Å². The molecule has 0 unspecified atom stereocenters. The van der Waals surface area contributed by atoms with Crippen molar-refractivity contribution in [2.24, 2.45) is 0 Å². The maximum Gasteiger partial charge on any atom is 0.496 e. The zero-order valence-corrected chi connectivity index (χ0v) is 10.8. The number of pyridine rings is 1. The molecule has 0 saturated carbocycles. The molecule has 94 valence electrons. The van der Waals surface area contributed by atoms with Crippen molar-refractivity contribution in [1.82, 2.24) is 4.98 Å². The zero-order valence-electron chi connectivity index (χ0n) is 10.8. The van der Waals surface area contributed by atoms with Crippen LogP contribution in [-0.2, 0) is 9.31 Å². The summed E-state index contributed by atoms with van der Waals surface area (Å²) in [5.41, 5.74) is -0.508. The fraction of sp³-hybridized carbons (Fsp3) is 0.500. The molecular formula is C12H14BFN2O2. The van der Waals surface area contributed by atoms with Crippen LogP contribution in [0.3, 0.4) is 0 Å². The normalized spacial score (nSPS) is 20.8. The minimum absolute atomic E-state index is 0.109. The first-order valence-corrected chi connectivity index (χ1v) is 5.68. The highest BCUT2D eigenvalue weighted by Gasteiger charge is 2.51. The molecule has 0 spiro atoms. The quantitative estimate of drug-likeness (QED) is 0.556. The summed E-state index contributed by atoms with van der Waals surface area (Å²) in [4.78, 5) is 3.54. The van der Waals surface area contributed by atoms with Crippen molar-refractivity contribution in [2.75, 3.05) is 0 Å². The third kappa shape index (κ3) is 2.00. The molecule has 0 atom stereocenters. The maximum atomic E-state index is 13.1. The predicted molar refractivity (Wildman–Crippen MR) is 64.6 cm³/mol. The molecule has 18 heavy (non-hydrogen) atoms. The summed E-state index contributed by atoms with van der Waals surface area (Å²) in [5, 5.41) is 8.78. The van der Waals surface area contributed by atoms with Crippen LogP contribution in [0.1, 0.15) is 33.3 Å². The van der Waals surface area contributed by atoms with Crippen LogP contribution in [0, 0.1) is 17.3 Å². The van der Waals surface area contributed by atoms with Gasteiger partial charge in [0, 0.05) is 11.7 Å². The lowest BCUT2D eigenvalue weighted by atomic mass is 9.80. The Hall–Kier alpha value is -1.45. The highest BCUT2D eigenvalue weighted by molar-refractivity contribution is 6.62. The van der Waals surface area contributed by atoms with E-state index in [-0.39, 0.29) is 5.56 Å². The first-order chi connectivity index (χ1) is 8.27. The Balaban J connectivity index is 2.33. The molecule has 1 aliphatic rings. The summed E-state index contributed by atoms with van der Waals surface area (Å²) in [7, 11) is -0.629. The highest BCUT2D eigenvalue weighted by Crippen LogP contribution is 2.36. The second-order valence-electron chi connectivity index (χ2n) is 5.31. The number of hydrogen-bond acceptors (Lipinski definition) is 4. The predicted octanol–water partition coefficient (Wildman–Crippen LogP) is 1.39. The highest BCUT2D eigenvalue weighted by atomic mass is 19.1. The van der Waals surface area contributed by atoms with Gasteiger partial charge in [-0.2, -0.15) is 9.65 Å². The van der Waals surface area contributed by atoms with Crippen molar-refractivity contribution in [2.45, 2.75) is 38.9 Å². The van der Waals surface area contributed by atoms with Gasteiger partial charge >= 0.3 is 7.12 Å². The van der Waals surface area contributed by atoms with E-state index in [0.29, 0.717) is 5.46 Å². The van der Waals surface area contributed by atoms with Crippen LogP contribution in [0.15, 0.2) is 12.3 Å². The van der Waals surface area contributed by atoms with Gasteiger partial charge in [-0.25, -0.2) is 4.98 Å². The second-order valence-corrected chi connectivity index (χ2v) is 5.31. The van der Waals surface area contributed by atoms with Crippen molar-refractivity contribution in [3.63, 3.8) is 0 Å². The fourth-order valence-electron chi connectivity index (χ4n) is 1.65. The topological polar surface area (TPSA) is 55.1 Å². The Bertz CT molecular complexity index is 509. The average molecular weight is 248 g/mol. The third-order valence-electron chi connectivity index (χ3n) is 3.51. The van der Waals surface area contributed by atoms with Gasteiger partial charge in [0.25, 0.3) is 0 Å². The van der Waals surface area contributed by atoms with E-state index in [1.54, 1.807) is 6.07 Å². The Morgan fingerprint density at radius 2 is 1.83 bits per heavy atom. The summed E-state index contributed by atoms with van der Waals surface area (Å²) in [6.07, 6.45) is 1.33. The summed E-state index contributed by atoms with van der Waals surface area (Å²) in [6, 6.07) is 3.16. The molecule has 0 aliphatic carbocycles. The molecule has 1 aliphatic heterocycles.